The first kappa shape index (κ1) is 28.2. The first-order valence-corrected chi connectivity index (χ1v) is 11.0. The predicted octanol–water partition coefficient (Wildman–Crippen LogP) is 8.76. The van der Waals surface area contributed by atoms with E-state index in [1.807, 2.05) is 0 Å². The molecule has 2 unspecified atom stereocenters. The largest absolute Gasteiger partial charge is 0.378 e. The lowest BCUT2D eigenvalue weighted by Gasteiger charge is -2.23. The predicted molar refractivity (Wildman–Crippen MR) is 121 cm³/mol. The Bertz CT molecular complexity index is 199. The van der Waals surface area contributed by atoms with Crippen molar-refractivity contribution in [2.75, 3.05) is 6.61 Å². The van der Waals surface area contributed by atoms with Crippen LogP contribution in [-0.2, 0) is 4.74 Å². The van der Waals surface area contributed by atoms with Gasteiger partial charge >= 0.3 is 0 Å². The Morgan fingerprint density at radius 3 is 0.885 bits per heavy atom. The quantitative estimate of drug-likeness (QED) is 0.414. The normalized spacial score (nSPS) is 36.7. The Kier molecular flexibility index (Phi) is 17.3. The summed E-state index contributed by atoms with van der Waals surface area (Å²) in [7, 11) is 0. The molecule has 0 spiro atoms. The summed E-state index contributed by atoms with van der Waals surface area (Å²) in [5.74, 6) is 4.88. The summed E-state index contributed by atoms with van der Waals surface area (Å²) in [4.78, 5) is 0. The standard InChI is InChI=1S/2C8H16.C7H14O.2CH4/c2*1-7-3-5-8(2)6-4-7;1-6-3-4-7(2)8-5-6;;/h2*7-8H,3-6H2,1-2H3;6-7H,3-5H2,1-2H3;2*1H4. The summed E-state index contributed by atoms with van der Waals surface area (Å²) in [6.45, 7) is 14.8. The topological polar surface area (TPSA) is 9.23 Å². The molecule has 0 aromatic carbocycles. The van der Waals surface area contributed by atoms with E-state index in [0.29, 0.717) is 6.10 Å². The third-order valence-electron chi connectivity index (χ3n) is 6.34. The number of rotatable bonds is 0. The highest BCUT2D eigenvalue weighted by Gasteiger charge is 2.14. The maximum atomic E-state index is 5.39. The van der Waals surface area contributed by atoms with Crippen molar-refractivity contribution in [1.29, 1.82) is 0 Å². The lowest BCUT2D eigenvalue weighted by Crippen LogP contribution is -2.21. The molecule has 0 aromatic rings. The van der Waals surface area contributed by atoms with E-state index in [2.05, 4.69) is 41.5 Å². The molecule has 3 aliphatic rings. The molecule has 2 saturated carbocycles. The van der Waals surface area contributed by atoms with Gasteiger partial charge in [-0.05, 0) is 49.4 Å². The summed E-state index contributed by atoms with van der Waals surface area (Å²) in [6.07, 6.45) is 14.9. The van der Waals surface area contributed by atoms with Gasteiger partial charge in [0.05, 0.1) is 6.10 Å². The number of ether oxygens (including phenoxy) is 1. The van der Waals surface area contributed by atoms with Gasteiger partial charge in [0.2, 0.25) is 0 Å². The first-order valence-electron chi connectivity index (χ1n) is 11.0. The summed E-state index contributed by atoms with van der Waals surface area (Å²) >= 11 is 0. The smallest absolute Gasteiger partial charge is 0.0547 e. The Morgan fingerprint density at radius 1 is 0.423 bits per heavy atom. The molecule has 3 rings (SSSR count). The third-order valence-corrected chi connectivity index (χ3v) is 6.34. The molecule has 1 heteroatoms. The minimum absolute atomic E-state index is 0. The maximum absolute atomic E-state index is 5.39. The first-order chi connectivity index (χ1) is 11.4. The average molecular weight is 371 g/mol. The van der Waals surface area contributed by atoms with Crippen LogP contribution in [0.2, 0.25) is 0 Å². The minimum Gasteiger partial charge on any atom is -0.378 e. The van der Waals surface area contributed by atoms with Crippen molar-refractivity contribution in [3.8, 4) is 0 Å². The van der Waals surface area contributed by atoms with Crippen LogP contribution < -0.4 is 0 Å². The summed E-state index contributed by atoms with van der Waals surface area (Å²) in [5, 5.41) is 0. The monoisotopic (exact) mass is 370 g/mol. The van der Waals surface area contributed by atoms with Crippen LogP contribution in [0.25, 0.3) is 0 Å². The van der Waals surface area contributed by atoms with Crippen LogP contribution in [0.1, 0.15) is 121 Å². The maximum Gasteiger partial charge on any atom is 0.0547 e. The fourth-order valence-corrected chi connectivity index (χ4v) is 3.87. The highest BCUT2D eigenvalue weighted by atomic mass is 16.5. The van der Waals surface area contributed by atoms with E-state index in [0.717, 1.165) is 36.2 Å². The van der Waals surface area contributed by atoms with Crippen LogP contribution >= 0.6 is 0 Å². The van der Waals surface area contributed by atoms with Crippen molar-refractivity contribution in [3.05, 3.63) is 0 Å². The molecule has 2 aliphatic carbocycles. The molecule has 2 atom stereocenters. The van der Waals surface area contributed by atoms with E-state index in [4.69, 9.17) is 4.74 Å². The lowest BCUT2D eigenvalue weighted by molar-refractivity contribution is 0.000267. The van der Waals surface area contributed by atoms with Crippen molar-refractivity contribution in [3.63, 3.8) is 0 Å². The average Bonchev–Trinajstić information content (AvgIpc) is 2.57. The fraction of sp³-hybridized carbons (Fsp3) is 1.00. The Hall–Kier alpha value is -0.0400. The van der Waals surface area contributed by atoms with Crippen LogP contribution in [-0.4, -0.2) is 12.7 Å². The number of hydrogen-bond donors (Lipinski definition) is 0. The molecule has 1 aliphatic heterocycles. The molecule has 26 heavy (non-hydrogen) atoms. The molecule has 0 bridgehead atoms. The van der Waals surface area contributed by atoms with Crippen LogP contribution in [0, 0.1) is 29.6 Å². The van der Waals surface area contributed by atoms with Crippen LogP contribution in [0.15, 0.2) is 0 Å². The van der Waals surface area contributed by atoms with E-state index in [1.165, 1.54) is 64.2 Å². The molecular formula is C25H54O. The van der Waals surface area contributed by atoms with Gasteiger partial charge in [0, 0.05) is 6.61 Å². The molecule has 0 aromatic heterocycles. The fourth-order valence-electron chi connectivity index (χ4n) is 3.87. The van der Waals surface area contributed by atoms with Crippen molar-refractivity contribution < 1.29 is 4.74 Å². The van der Waals surface area contributed by atoms with E-state index < -0.39 is 0 Å². The lowest BCUT2D eigenvalue weighted by atomic mass is 9.84. The second-order valence-corrected chi connectivity index (χ2v) is 9.56. The molecule has 0 N–H and O–H groups in total. The Balaban J connectivity index is 0. The second-order valence-electron chi connectivity index (χ2n) is 9.56. The van der Waals surface area contributed by atoms with Gasteiger partial charge in [0.15, 0.2) is 0 Å². The van der Waals surface area contributed by atoms with Crippen molar-refractivity contribution >= 4 is 0 Å². The highest BCUT2D eigenvalue weighted by molar-refractivity contribution is 4.66. The zero-order valence-electron chi connectivity index (χ0n) is 17.7. The molecule has 3 fully saturated rings. The van der Waals surface area contributed by atoms with Crippen molar-refractivity contribution in [2.24, 2.45) is 29.6 Å². The molecule has 1 saturated heterocycles. The van der Waals surface area contributed by atoms with E-state index >= 15 is 0 Å². The molecule has 0 amide bonds. The minimum atomic E-state index is 0. The molecule has 160 valence electrons. The van der Waals surface area contributed by atoms with Gasteiger partial charge in [-0.15, -0.1) is 0 Å². The molecule has 0 radical (unpaired) electrons. The third kappa shape index (κ3) is 14.1. The zero-order valence-corrected chi connectivity index (χ0v) is 17.7. The Labute approximate surface area is 168 Å². The van der Waals surface area contributed by atoms with Gasteiger partial charge in [0.25, 0.3) is 0 Å². The second kappa shape index (κ2) is 16.0. The molecule has 1 heterocycles. The molecule has 1 nitrogen and oxygen atoms in total. The molecular weight excluding hydrogens is 316 g/mol. The van der Waals surface area contributed by atoms with Crippen LogP contribution in [0.3, 0.4) is 0 Å². The Morgan fingerprint density at radius 2 is 0.692 bits per heavy atom. The van der Waals surface area contributed by atoms with Gasteiger partial charge in [0.1, 0.15) is 0 Å². The van der Waals surface area contributed by atoms with E-state index in [1.54, 1.807) is 0 Å². The van der Waals surface area contributed by atoms with E-state index in [-0.39, 0.29) is 14.9 Å². The summed E-state index contributed by atoms with van der Waals surface area (Å²) in [5.41, 5.74) is 0. The van der Waals surface area contributed by atoms with Gasteiger partial charge in [-0.1, -0.05) is 101 Å². The zero-order chi connectivity index (χ0) is 17.9. The van der Waals surface area contributed by atoms with Gasteiger partial charge in [-0.2, -0.15) is 0 Å². The van der Waals surface area contributed by atoms with Crippen molar-refractivity contribution in [2.45, 2.75) is 127 Å². The van der Waals surface area contributed by atoms with Gasteiger partial charge in [-0.3, -0.25) is 0 Å². The highest BCUT2D eigenvalue weighted by Crippen LogP contribution is 2.27. The SMILES string of the molecule is C.C.CC1CCC(C)CC1.CC1CCC(C)CC1.CC1CCC(C)OC1. The van der Waals surface area contributed by atoms with Crippen LogP contribution in [0.4, 0.5) is 0 Å². The number of hydrogen-bond acceptors (Lipinski definition) is 1. The van der Waals surface area contributed by atoms with Gasteiger partial charge < -0.3 is 4.74 Å². The van der Waals surface area contributed by atoms with Gasteiger partial charge in [-0.25, -0.2) is 0 Å². The summed E-state index contributed by atoms with van der Waals surface area (Å²) in [6, 6.07) is 0. The van der Waals surface area contributed by atoms with E-state index in [9.17, 15) is 0 Å². The van der Waals surface area contributed by atoms with Crippen molar-refractivity contribution in [1.82, 2.24) is 0 Å². The van der Waals surface area contributed by atoms with Crippen LogP contribution in [0.5, 0.6) is 0 Å². The summed E-state index contributed by atoms with van der Waals surface area (Å²) < 4.78 is 5.39.